The Morgan fingerprint density at radius 2 is 1.56 bits per heavy atom. The minimum atomic E-state index is -0.272. The van der Waals surface area contributed by atoms with E-state index >= 15 is 0 Å². The van der Waals surface area contributed by atoms with Gasteiger partial charge in [-0.3, -0.25) is 0 Å². The molecule has 0 fully saturated rings. The van der Waals surface area contributed by atoms with Crippen LogP contribution in [0.25, 0.3) is 43.6 Å². The maximum Gasteiger partial charge on any atom is 0.340 e. The molecule has 4 heteroatoms. The Hall–Kier alpha value is -3.63. The van der Waals surface area contributed by atoms with Gasteiger partial charge < -0.3 is 14.6 Å². The number of aryl methyl sites for hydroxylation is 1. The predicted octanol–water partition coefficient (Wildman–Crippen LogP) is 6.05. The highest BCUT2D eigenvalue weighted by molar-refractivity contribution is 6.14. The molecule has 4 nitrogen and oxygen atoms in total. The SMILES string of the molecule is CCOC(=O)c1c(CNC)n(C)c2cc(-c3c4ccccc4cc4ccccc34)ccc12. The zero-order valence-electron chi connectivity index (χ0n) is 18.6. The van der Waals surface area contributed by atoms with Crippen molar-refractivity contribution in [3.63, 3.8) is 0 Å². The van der Waals surface area contributed by atoms with Crippen LogP contribution in [0.15, 0.2) is 72.8 Å². The van der Waals surface area contributed by atoms with Crippen LogP contribution in [-0.2, 0) is 18.3 Å². The molecule has 0 spiro atoms. The van der Waals surface area contributed by atoms with Crippen LogP contribution in [0.5, 0.6) is 0 Å². The number of benzene rings is 4. The number of esters is 1. The molecular weight excluding hydrogens is 396 g/mol. The van der Waals surface area contributed by atoms with Gasteiger partial charge in [0.2, 0.25) is 0 Å². The van der Waals surface area contributed by atoms with Crippen molar-refractivity contribution >= 4 is 38.4 Å². The molecule has 1 heterocycles. The second-order valence-corrected chi connectivity index (χ2v) is 8.06. The largest absolute Gasteiger partial charge is 0.462 e. The number of nitrogens with zero attached hydrogens (tertiary/aromatic N) is 1. The first-order chi connectivity index (χ1) is 15.6. The number of carbonyl (C=O) groups excluding carboxylic acids is 1. The van der Waals surface area contributed by atoms with Crippen molar-refractivity contribution in [2.45, 2.75) is 13.5 Å². The normalized spacial score (nSPS) is 11.5. The molecule has 0 amide bonds. The van der Waals surface area contributed by atoms with E-state index in [9.17, 15) is 4.79 Å². The molecule has 5 aromatic rings. The fraction of sp³-hybridized carbons (Fsp3) is 0.179. The Bertz CT molecular complexity index is 1430. The molecule has 0 saturated heterocycles. The summed E-state index contributed by atoms with van der Waals surface area (Å²) in [5, 5.41) is 8.99. The highest BCUT2D eigenvalue weighted by Crippen LogP contribution is 2.38. The van der Waals surface area contributed by atoms with E-state index in [1.807, 2.05) is 21.0 Å². The van der Waals surface area contributed by atoms with Gasteiger partial charge in [0.05, 0.1) is 12.2 Å². The van der Waals surface area contributed by atoms with Crippen molar-refractivity contribution in [2.24, 2.45) is 7.05 Å². The molecule has 1 N–H and O–H groups in total. The highest BCUT2D eigenvalue weighted by Gasteiger charge is 2.22. The number of hydrogen-bond acceptors (Lipinski definition) is 3. The summed E-state index contributed by atoms with van der Waals surface area (Å²) in [7, 11) is 3.91. The van der Waals surface area contributed by atoms with Crippen molar-refractivity contribution in [1.29, 1.82) is 0 Å². The second kappa shape index (κ2) is 8.13. The molecule has 0 saturated carbocycles. The summed E-state index contributed by atoms with van der Waals surface area (Å²) in [5.41, 5.74) is 4.95. The molecule has 0 unspecified atom stereocenters. The first-order valence-corrected chi connectivity index (χ1v) is 11.0. The van der Waals surface area contributed by atoms with Gasteiger partial charge in [0.1, 0.15) is 0 Å². The van der Waals surface area contributed by atoms with E-state index in [1.165, 1.54) is 27.1 Å². The summed E-state index contributed by atoms with van der Waals surface area (Å²) in [6.07, 6.45) is 0. The molecule has 1 aromatic heterocycles. The maximum atomic E-state index is 12.8. The van der Waals surface area contributed by atoms with E-state index in [2.05, 4.69) is 82.7 Å². The first-order valence-electron chi connectivity index (χ1n) is 11.0. The van der Waals surface area contributed by atoms with Crippen molar-refractivity contribution in [2.75, 3.05) is 13.7 Å². The number of rotatable bonds is 5. The van der Waals surface area contributed by atoms with Crippen molar-refractivity contribution in [3.8, 4) is 11.1 Å². The summed E-state index contributed by atoms with van der Waals surface area (Å²) < 4.78 is 7.49. The average molecular weight is 423 g/mol. The monoisotopic (exact) mass is 422 g/mol. The van der Waals surface area contributed by atoms with E-state index in [0.717, 1.165) is 22.2 Å². The Labute approximate surface area is 187 Å². The number of hydrogen-bond donors (Lipinski definition) is 1. The lowest BCUT2D eigenvalue weighted by Crippen LogP contribution is -2.14. The van der Waals surface area contributed by atoms with Crippen LogP contribution in [0, 0.1) is 0 Å². The Kier molecular flexibility index (Phi) is 5.16. The Balaban J connectivity index is 1.82. The molecule has 5 rings (SSSR count). The fourth-order valence-electron chi connectivity index (χ4n) is 4.77. The highest BCUT2D eigenvalue weighted by atomic mass is 16.5. The van der Waals surface area contributed by atoms with Gasteiger partial charge in [0.25, 0.3) is 0 Å². The van der Waals surface area contributed by atoms with Crippen molar-refractivity contribution in [3.05, 3.63) is 84.1 Å². The van der Waals surface area contributed by atoms with Crippen LogP contribution >= 0.6 is 0 Å². The van der Waals surface area contributed by atoms with Crippen LogP contribution < -0.4 is 5.32 Å². The zero-order valence-corrected chi connectivity index (χ0v) is 18.6. The molecule has 160 valence electrons. The van der Waals surface area contributed by atoms with Gasteiger partial charge in [-0.05, 0) is 58.8 Å². The summed E-state index contributed by atoms with van der Waals surface area (Å²) in [5.74, 6) is -0.272. The van der Waals surface area contributed by atoms with E-state index in [1.54, 1.807) is 0 Å². The number of nitrogens with one attached hydrogen (secondary N) is 1. The third kappa shape index (κ3) is 3.15. The minimum absolute atomic E-state index is 0.272. The molecule has 32 heavy (non-hydrogen) atoms. The molecule has 0 aliphatic carbocycles. The predicted molar refractivity (Wildman–Crippen MR) is 132 cm³/mol. The number of carbonyl (C=O) groups is 1. The molecular formula is C28H26N2O2. The van der Waals surface area contributed by atoms with Gasteiger partial charge >= 0.3 is 5.97 Å². The number of fused-ring (bicyclic) bond motifs is 3. The molecule has 0 bridgehead atoms. The average Bonchev–Trinajstić information content (AvgIpc) is 3.09. The molecule has 0 atom stereocenters. The second-order valence-electron chi connectivity index (χ2n) is 8.06. The quantitative estimate of drug-likeness (QED) is 0.277. The lowest BCUT2D eigenvalue weighted by molar-refractivity contribution is 0.0527. The van der Waals surface area contributed by atoms with Gasteiger partial charge in [-0.2, -0.15) is 0 Å². The van der Waals surface area contributed by atoms with Gasteiger partial charge in [-0.15, -0.1) is 0 Å². The van der Waals surface area contributed by atoms with Gasteiger partial charge in [-0.25, -0.2) is 4.79 Å². The number of aromatic nitrogens is 1. The van der Waals surface area contributed by atoms with Crippen LogP contribution in [0.4, 0.5) is 0 Å². The Morgan fingerprint density at radius 3 is 2.19 bits per heavy atom. The minimum Gasteiger partial charge on any atom is -0.462 e. The van der Waals surface area contributed by atoms with Crippen LogP contribution in [-0.4, -0.2) is 24.2 Å². The van der Waals surface area contributed by atoms with E-state index < -0.39 is 0 Å². The first kappa shape index (κ1) is 20.3. The van der Waals surface area contributed by atoms with Crippen molar-refractivity contribution < 1.29 is 9.53 Å². The molecule has 4 aromatic carbocycles. The third-order valence-electron chi connectivity index (χ3n) is 6.21. The molecule has 0 aliphatic rings. The van der Waals surface area contributed by atoms with Crippen molar-refractivity contribution in [1.82, 2.24) is 9.88 Å². The smallest absolute Gasteiger partial charge is 0.340 e. The van der Waals surface area contributed by atoms with Gasteiger partial charge in [0, 0.05) is 30.2 Å². The summed E-state index contributed by atoms with van der Waals surface area (Å²) >= 11 is 0. The summed E-state index contributed by atoms with van der Waals surface area (Å²) in [4.78, 5) is 12.8. The lowest BCUT2D eigenvalue weighted by Gasteiger charge is -2.13. The summed E-state index contributed by atoms with van der Waals surface area (Å²) in [6.45, 7) is 2.78. The van der Waals surface area contributed by atoms with Gasteiger partial charge in [0.15, 0.2) is 0 Å². The standard InChI is InChI=1S/C28H26N2O2/c1-4-32-28(31)27-23-14-13-20(16-24(23)30(3)25(27)17-29-2)26-21-11-7-5-9-18(21)15-19-10-6-8-12-22(19)26/h5-16,29H,4,17H2,1-3H3. The van der Waals surface area contributed by atoms with E-state index in [4.69, 9.17) is 4.74 Å². The lowest BCUT2D eigenvalue weighted by atomic mass is 9.91. The topological polar surface area (TPSA) is 43.3 Å². The molecule has 0 aliphatic heterocycles. The van der Waals surface area contributed by atoms with E-state index in [-0.39, 0.29) is 5.97 Å². The maximum absolute atomic E-state index is 12.8. The van der Waals surface area contributed by atoms with Crippen LogP contribution in [0.3, 0.4) is 0 Å². The van der Waals surface area contributed by atoms with E-state index in [0.29, 0.717) is 18.7 Å². The summed E-state index contributed by atoms with van der Waals surface area (Å²) in [6, 6.07) is 25.7. The number of ether oxygens (including phenoxy) is 1. The van der Waals surface area contributed by atoms with Gasteiger partial charge in [-0.1, -0.05) is 60.7 Å². The molecule has 0 radical (unpaired) electrons. The third-order valence-corrected chi connectivity index (χ3v) is 6.21. The zero-order chi connectivity index (χ0) is 22.2. The van der Waals surface area contributed by atoms with Crippen LogP contribution in [0.2, 0.25) is 0 Å². The fourth-order valence-corrected chi connectivity index (χ4v) is 4.77. The van der Waals surface area contributed by atoms with Crippen LogP contribution in [0.1, 0.15) is 23.0 Å². The Morgan fingerprint density at radius 1 is 0.906 bits per heavy atom.